The standard InChI is InChI=1S/C12H17FN2O3S/c1-14-7-3-4-12(16)15-11-8-9(19(2,17)18)5-6-10(11)13/h5-6,8,14H,3-4,7H2,1-2H3,(H,15,16). The fourth-order valence-corrected chi connectivity index (χ4v) is 2.12. The fourth-order valence-electron chi connectivity index (χ4n) is 1.47. The second-order valence-electron chi connectivity index (χ2n) is 4.17. The zero-order valence-electron chi connectivity index (χ0n) is 10.9. The molecule has 0 aliphatic rings. The van der Waals surface area contributed by atoms with Crippen LogP contribution in [-0.4, -0.2) is 34.2 Å². The van der Waals surface area contributed by atoms with Crippen molar-refractivity contribution >= 4 is 21.4 Å². The maximum absolute atomic E-state index is 13.5. The number of benzene rings is 1. The third kappa shape index (κ3) is 4.96. The number of halogens is 1. The van der Waals surface area contributed by atoms with E-state index in [4.69, 9.17) is 0 Å². The van der Waals surface area contributed by atoms with Crippen LogP contribution >= 0.6 is 0 Å². The maximum atomic E-state index is 13.5. The molecule has 7 heteroatoms. The van der Waals surface area contributed by atoms with Crippen LogP contribution in [0.25, 0.3) is 0 Å². The predicted octanol–water partition coefficient (Wildman–Crippen LogP) is 1.17. The highest BCUT2D eigenvalue weighted by Crippen LogP contribution is 2.19. The van der Waals surface area contributed by atoms with Gasteiger partial charge in [0.2, 0.25) is 5.91 Å². The highest BCUT2D eigenvalue weighted by atomic mass is 32.2. The van der Waals surface area contributed by atoms with E-state index < -0.39 is 15.7 Å². The smallest absolute Gasteiger partial charge is 0.224 e. The number of hydrogen-bond acceptors (Lipinski definition) is 4. The van der Waals surface area contributed by atoms with Crippen molar-refractivity contribution in [1.82, 2.24) is 5.32 Å². The van der Waals surface area contributed by atoms with Gasteiger partial charge in [-0.2, -0.15) is 0 Å². The summed E-state index contributed by atoms with van der Waals surface area (Å²) in [7, 11) is -1.66. The normalized spacial score (nSPS) is 11.3. The van der Waals surface area contributed by atoms with Crippen LogP contribution in [0.15, 0.2) is 23.1 Å². The lowest BCUT2D eigenvalue weighted by atomic mass is 10.2. The SMILES string of the molecule is CNCCCC(=O)Nc1cc(S(C)(=O)=O)ccc1F. The molecule has 0 heterocycles. The van der Waals surface area contributed by atoms with Gasteiger partial charge in [-0.25, -0.2) is 12.8 Å². The predicted molar refractivity (Wildman–Crippen MR) is 71.3 cm³/mol. The van der Waals surface area contributed by atoms with E-state index in [1.165, 1.54) is 6.07 Å². The van der Waals surface area contributed by atoms with Crippen molar-refractivity contribution in [1.29, 1.82) is 0 Å². The molecule has 0 atom stereocenters. The van der Waals surface area contributed by atoms with Crippen molar-refractivity contribution in [2.75, 3.05) is 25.2 Å². The van der Waals surface area contributed by atoms with E-state index in [0.717, 1.165) is 18.4 Å². The molecule has 1 rings (SSSR count). The van der Waals surface area contributed by atoms with Gasteiger partial charge >= 0.3 is 0 Å². The van der Waals surface area contributed by atoms with Crippen molar-refractivity contribution in [2.24, 2.45) is 0 Å². The summed E-state index contributed by atoms with van der Waals surface area (Å²) in [4.78, 5) is 11.5. The molecule has 0 saturated heterocycles. The Balaban J connectivity index is 2.80. The Morgan fingerprint density at radius 2 is 2.05 bits per heavy atom. The van der Waals surface area contributed by atoms with Gasteiger partial charge in [0, 0.05) is 12.7 Å². The lowest BCUT2D eigenvalue weighted by Gasteiger charge is -2.08. The molecule has 1 aromatic carbocycles. The van der Waals surface area contributed by atoms with Crippen molar-refractivity contribution in [3.05, 3.63) is 24.0 Å². The van der Waals surface area contributed by atoms with Gasteiger partial charge in [0.25, 0.3) is 0 Å². The highest BCUT2D eigenvalue weighted by molar-refractivity contribution is 7.90. The zero-order valence-corrected chi connectivity index (χ0v) is 11.7. The number of carbonyl (C=O) groups is 1. The number of nitrogens with one attached hydrogen (secondary N) is 2. The molecule has 5 nitrogen and oxygen atoms in total. The summed E-state index contributed by atoms with van der Waals surface area (Å²) in [5.74, 6) is -1.01. The van der Waals surface area contributed by atoms with Gasteiger partial charge in [-0.15, -0.1) is 0 Å². The molecule has 0 aromatic heterocycles. The minimum absolute atomic E-state index is 0.0283. The Labute approximate surface area is 112 Å². The molecular weight excluding hydrogens is 271 g/mol. The lowest BCUT2D eigenvalue weighted by Crippen LogP contribution is -2.16. The van der Waals surface area contributed by atoms with E-state index >= 15 is 0 Å². The summed E-state index contributed by atoms with van der Waals surface area (Å²) in [6.07, 6.45) is 1.89. The van der Waals surface area contributed by atoms with E-state index in [9.17, 15) is 17.6 Å². The number of sulfone groups is 1. The molecular formula is C12H17FN2O3S. The molecule has 0 unspecified atom stereocenters. The van der Waals surface area contributed by atoms with Crippen molar-refractivity contribution < 1.29 is 17.6 Å². The molecule has 0 spiro atoms. The first-order valence-electron chi connectivity index (χ1n) is 5.78. The fraction of sp³-hybridized carbons (Fsp3) is 0.417. The average molecular weight is 288 g/mol. The molecule has 0 saturated carbocycles. The van der Waals surface area contributed by atoms with Crippen LogP contribution in [0.3, 0.4) is 0 Å². The second-order valence-corrected chi connectivity index (χ2v) is 6.18. The minimum atomic E-state index is -3.43. The Hall–Kier alpha value is -1.47. The van der Waals surface area contributed by atoms with E-state index in [-0.39, 0.29) is 22.9 Å². The summed E-state index contributed by atoms with van der Waals surface area (Å²) >= 11 is 0. The van der Waals surface area contributed by atoms with Crippen LogP contribution in [0.1, 0.15) is 12.8 Å². The summed E-state index contributed by atoms with van der Waals surface area (Å²) in [6.45, 7) is 0.680. The van der Waals surface area contributed by atoms with Crippen LogP contribution in [0.4, 0.5) is 10.1 Å². The zero-order chi connectivity index (χ0) is 14.5. The Kier molecular flexibility index (Phi) is 5.44. The van der Waals surface area contributed by atoms with Gasteiger partial charge in [0.15, 0.2) is 9.84 Å². The van der Waals surface area contributed by atoms with E-state index in [1.807, 2.05) is 0 Å². The van der Waals surface area contributed by atoms with Crippen molar-refractivity contribution in [3.8, 4) is 0 Å². The second kappa shape index (κ2) is 6.63. The lowest BCUT2D eigenvalue weighted by molar-refractivity contribution is -0.116. The molecule has 1 amide bonds. The van der Waals surface area contributed by atoms with Gasteiger partial charge in [-0.05, 0) is 38.2 Å². The van der Waals surface area contributed by atoms with E-state index in [1.54, 1.807) is 7.05 Å². The number of anilines is 1. The average Bonchev–Trinajstić information content (AvgIpc) is 2.31. The monoisotopic (exact) mass is 288 g/mol. The van der Waals surface area contributed by atoms with E-state index in [0.29, 0.717) is 13.0 Å². The quantitative estimate of drug-likeness (QED) is 0.608. The molecule has 2 N–H and O–H groups in total. The largest absolute Gasteiger partial charge is 0.324 e. The van der Waals surface area contributed by atoms with Crippen LogP contribution in [0, 0.1) is 5.82 Å². The molecule has 0 bridgehead atoms. The molecule has 1 aromatic rings. The number of rotatable bonds is 6. The van der Waals surface area contributed by atoms with Crippen LogP contribution in [0.5, 0.6) is 0 Å². The molecule has 0 radical (unpaired) electrons. The van der Waals surface area contributed by atoms with Crippen LogP contribution < -0.4 is 10.6 Å². The van der Waals surface area contributed by atoms with Gasteiger partial charge in [0.1, 0.15) is 5.82 Å². The Bertz CT molecular complexity index is 558. The number of hydrogen-bond donors (Lipinski definition) is 2. The van der Waals surface area contributed by atoms with Crippen molar-refractivity contribution in [3.63, 3.8) is 0 Å². The van der Waals surface area contributed by atoms with Gasteiger partial charge in [-0.1, -0.05) is 0 Å². The summed E-state index contributed by atoms with van der Waals surface area (Å²) < 4.78 is 36.2. The van der Waals surface area contributed by atoms with E-state index in [2.05, 4.69) is 10.6 Å². The summed E-state index contributed by atoms with van der Waals surface area (Å²) in [5, 5.41) is 5.27. The number of amides is 1. The van der Waals surface area contributed by atoms with Gasteiger partial charge < -0.3 is 10.6 Å². The first kappa shape index (κ1) is 15.6. The first-order chi connectivity index (χ1) is 8.84. The minimum Gasteiger partial charge on any atom is -0.324 e. The summed E-state index contributed by atoms with van der Waals surface area (Å²) in [5.41, 5.74) is -0.114. The van der Waals surface area contributed by atoms with Crippen LogP contribution in [0.2, 0.25) is 0 Å². The Morgan fingerprint density at radius 3 is 2.63 bits per heavy atom. The van der Waals surface area contributed by atoms with Crippen LogP contribution in [-0.2, 0) is 14.6 Å². The maximum Gasteiger partial charge on any atom is 0.224 e. The molecule has 0 aliphatic heterocycles. The molecule has 106 valence electrons. The third-order valence-electron chi connectivity index (χ3n) is 2.47. The highest BCUT2D eigenvalue weighted by Gasteiger charge is 2.12. The summed E-state index contributed by atoms with van der Waals surface area (Å²) in [6, 6.07) is 3.32. The first-order valence-corrected chi connectivity index (χ1v) is 7.68. The Morgan fingerprint density at radius 1 is 1.37 bits per heavy atom. The number of carbonyl (C=O) groups excluding carboxylic acids is 1. The molecule has 0 aliphatic carbocycles. The van der Waals surface area contributed by atoms with Gasteiger partial charge in [-0.3, -0.25) is 4.79 Å². The van der Waals surface area contributed by atoms with Gasteiger partial charge in [0.05, 0.1) is 10.6 Å². The van der Waals surface area contributed by atoms with Crippen molar-refractivity contribution in [2.45, 2.75) is 17.7 Å². The molecule has 19 heavy (non-hydrogen) atoms. The molecule has 0 fully saturated rings. The third-order valence-corrected chi connectivity index (χ3v) is 3.58. The topological polar surface area (TPSA) is 75.3 Å².